The standard InChI is InChI=1S/C15H24O2Si/c1-11-9-8-10-12-13(11)17-18(16-12,14(2,3)4)15(5,6)7/h8-10H,1-7H3. The molecule has 1 heterocycles. The van der Waals surface area contributed by atoms with Crippen LogP contribution in [-0.4, -0.2) is 8.56 Å². The molecule has 0 amide bonds. The summed E-state index contributed by atoms with van der Waals surface area (Å²) >= 11 is 0. The van der Waals surface area contributed by atoms with Crippen LogP contribution in [0.25, 0.3) is 0 Å². The molecular formula is C15H24O2Si. The maximum Gasteiger partial charge on any atom is 0.471 e. The average Bonchev–Trinajstić information content (AvgIpc) is 2.57. The molecule has 2 rings (SSSR count). The molecule has 0 aromatic heterocycles. The van der Waals surface area contributed by atoms with Gasteiger partial charge in [-0.2, -0.15) is 0 Å². The molecule has 0 unspecified atom stereocenters. The average molecular weight is 264 g/mol. The molecule has 3 heteroatoms. The van der Waals surface area contributed by atoms with E-state index in [4.69, 9.17) is 8.85 Å². The van der Waals surface area contributed by atoms with Crippen LogP contribution in [0.2, 0.25) is 10.1 Å². The Labute approximate surface area is 112 Å². The van der Waals surface area contributed by atoms with Crippen LogP contribution < -0.4 is 8.85 Å². The molecular weight excluding hydrogens is 240 g/mol. The van der Waals surface area contributed by atoms with E-state index in [0.29, 0.717) is 0 Å². The first-order chi connectivity index (χ1) is 8.08. The van der Waals surface area contributed by atoms with E-state index in [0.717, 1.165) is 17.1 Å². The normalized spacial score (nSPS) is 17.9. The van der Waals surface area contributed by atoms with Crippen LogP contribution in [0.3, 0.4) is 0 Å². The summed E-state index contributed by atoms with van der Waals surface area (Å²) in [5.41, 5.74) is 1.16. The SMILES string of the molecule is Cc1cccc2c1O[Si](C(C)(C)C)(C(C)(C)C)O2. The molecule has 1 aliphatic heterocycles. The number of hydrogen-bond acceptors (Lipinski definition) is 2. The summed E-state index contributed by atoms with van der Waals surface area (Å²) in [7, 11) is -2.37. The van der Waals surface area contributed by atoms with Crippen molar-refractivity contribution in [3.63, 3.8) is 0 Å². The van der Waals surface area contributed by atoms with Crippen molar-refractivity contribution in [2.45, 2.75) is 58.5 Å². The van der Waals surface area contributed by atoms with Gasteiger partial charge in [-0.15, -0.1) is 0 Å². The number of benzene rings is 1. The monoisotopic (exact) mass is 264 g/mol. The summed E-state index contributed by atoms with van der Waals surface area (Å²) < 4.78 is 12.9. The van der Waals surface area contributed by atoms with Crippen LogP contribution in [0, 0.1) is 6.92 Å². The lowest BCUT2D eigenvalue weighted by atomic mass is 10.2. The van der Waals surface area contributed by atoms with Gasteiger partial charge in [-0.3, -0.25) is 0 Å². The molecule has 0 spiro atoms. The van der Waals surface area contributed by atoms with Crippen molar-refractivity contribution in [1.29, 1.82) is 0 Å². The second kappa shape index (κ2) is 3.76. The number of aryl methyl sites for hydroxylation is 1. The topological polar surface area (TPSA) is 18.5 Å². The molecule has 0 bridgehead atoms. The van der Waals surface area contributed by atoms with Gasteiger partial charge < -0.3 is 8.85 Å². The van der Waals surface area contributed by atoms with Gasteiger partial charge in [0.25, 0.3) is 0 Å². The molecule has 1 aromatic rings. The fraction of sp³-hybridized carbons (Fsp3) is 0.600. The Bertz CT molecular complexity index is 452. The first kappa shape index (κ1) is 13.5. The Kier molecular flexibility index (Phi) is 2.82. The molecule has 1 aliphatic rings. The molecule has 0 radical (unpaired) electrons. The van der Waals surface area contributed by atoms with E-state index >= 15 is 0 Å². The first-order valence-corrected chi connectivity index (χ1v) is 8.38. The van der Waals surface area contributed by atoms with E-state index in [1.54, 1.807) is 0 Å². The number of rotatable bonds is 0. The second-order valence-corrected chi connectivity index (χ2v) is 11.9. The molecule has 100 valence electrons. The van der Waals surface area contributed by atoms with Crippen LogP contribution in [0.1, 0.15) is 47.1 Å². The Morgan fingerprint density at radius 1 is 0.889 bits per heavy atom. The summed E-state index contributed by atoms with van der Waals surface area (Å²) in [5.74, 6) is 1.88. The number of fused-ring (bicyclic) bond motifs is 1. The minimum absolute atomic E-state index is 0.0245. The number of hydrogen-bond donors (Lipinski definition) is 0. The summed E-state index contributed by atoms with van der Waals surface area (Å²) in [4.78, 5) is 0. The minimum Gasteiger partial charge on any atom is -0.508 e. The van der Waals surface area contributed by atoms with Gasteiger partial charge >= 0.3 is 8.56 Å². The van der Waals surface area contributed by atoms with Gasteiger partial charge in [0.1, 0.15) is 5.75 Å². The van der Waals surface area contributed by atoms with Gasteiger partial charge in [0.05, 0.1) is 0 Å². The van der Waals surface area contributed by atoms with Crippen LogP contribution in [0.4, 0.5) is 0 Å². The highest BCUT2D eigenvalue weighted by atomic mass is 28.4. The highest BCUT2D eigenvalue weighted by Crippen LogP contribution is 2.57. The van der Waals surface area contributed by atoms with E-state index in [1.165, 1.54) is 0 Å². The molecule has 0 atom stereocenters. The molecule has 0 N–H and O–H groups in total. The first-order valence-electron chi connectivity index (χ1n) is 6.56. The quantitative estimate of drug-likeness (QED) is 0.626. The molecule has 1 aromatic carbocycles. The molecule has 0 aliphatic carbocycles. The van der Waals surface area contributed by atoms with Gasteiger partial charge in [-0.25, -0.2) is 0 Å². The fourth-order valence-corrected chi connectivity index (χ4v) is 7.43. The third kappa shape index (κ3) is 1.76. The summed E-state index contributed by atoms with van der Waals surface area (Å²) in [6.07, 6.45) is 0. The van der Waals surface area contributed by atoms with E-state index in [2.05, 4.69) is 54.5 Å². The maximum atomic E-state index is 6.47. The molecule has 0 saturated heterocycles. The van der Waals surface area contributed by atoms with Crippen LogP contribution >= 0.6 is 0 Å². The third-order valence-corrected chi connectivity index (χ3v) is 8.60. The Morgan fingerprint density at radius 2 is 1.44 bits per heavy atom. The van der Waals surface area contributed by atoms with Gasteiger partial charge in [0.15, 0.2) is 5.75 Å². The Balaban J connectivity index is 2.55. The van der Waals surface area contributed by atoms with Gasteiger partial charge in [0.2, 0.25) is 0 Å². The van der Waals surface area contributed by atoms with Gasteiger partial charge in [0, 0.05) is 10.1 Å². The zero-order chi connectivity index (χ0) is 13.8. The van der Waals surface area contributed by atoms with E-state index in [-0.39, 0.29) is 10.1 Å². The summed E-state index contributed by atoms with van der Waals surface area (Å²) in [6, 6.07) is 6.14. The van der Waals surface area contributed by atoms with Crippen LogP contribution in [-0.2, 0) is 0 Å². The zero-order valence-corrected chi connectivity index (χ0v) is 13.5. The number of para-hydroxylation sites is 1. The lowest BCUT2D eigenvalue weighted by Gasteiger charge is -2.44. The Hall–Kier alpha value is -0.963. The predicted molar refractivity (Wildman–Crippen MR) is 77.6 cm³/mol. The van der Waals surface area contributed by atoms with Crippen molar-refractivity contribution in [1.82, 2.24) is 0 Å². The van der Waals surface area contributed by atoms with Crippen molar-refractivity contribution in [2.24, 2.45) is 0 Å². The van der Waals surface area contributed by atoms with Crippen molar-refractivity contribution in [3.05, 3.63) is 23.8 Å². The molecule has 2 nitrogen and oxygen atoms in total. The lowest BCUT2D eigenvalue weighted by molar-refractivity contribution is 0.340. The molecule has 18 heavy (non-hydrogen) atoms. The summed E-state index contributed by atoms with van der Waals surface area (Å²) in [6.45, 7) is 15.4. The van der Waals surface area contributed by atoms with Gasteiger partial charge in [-0.05, 0) is 18.6 Å². The third-order valence-electron chi connectivity index (χ3n) is 3.65. The minimum atomic E-state index is -2.37. The zero-order valence-electron chi connectivity index (χ0n) is 12.5. The highest BCUT2D eigenvalue weighted by Gasteiger charge is 2.65. The van der Waals surface area contributed by atoms with Crippen molar-refractivity contribution in [3.8, 4) is 11.5 Å². The van der Waals surface area contributed by atoms with Crippen molar-refractivity contribution < 1.29 is 8.85 Å². The van der Waals surface area contributed by atoms with Crippen LogP contribution in [0.15, 0.2) is 18.2 Å². The van der Waals surface area contributed by atoms with E-state index in [1.807, 2.05) is 12.1 Å². The second-order valence-electron chi connectivity index (χ2n) is 7.22. The van der Waals surface area contributed by atoms with E-state index in [9.17, 15) is 0 Å². The lowest BCUT2D eigenvalue weighted by Crippen LogP contribution is -2.59. The smallest absolute Gasteiger partial charge is 0.471 e. The maximum absolute atomic E-state index is 6.47. The molecule has 0 fully saturated rings. The van der Waals surface area contributed by atoms with Crippen LogP contribution in [0.5, 0.6) is 11.5 Å². The molecule has 0 saturated carbocycles. The largest absolute Gasteiger partial charge is 0.508 e. The Morgan fingerprint density at radius 3 is 1.89 bits per heavy atom. The van der Waals surface area contributed by atoms with Crippen molar-refractivity contribution >= 4 is 8.56 Å². The fourth-order valence-electron chi connectivity index (χ4n) is 2.89. The van der Waals surface area contributed by atoms with E-state index < -0.39 is 8.56 Å². The van der Waals surface area contributed by atoms with Gasteiger partial charge in [-0.1, -0.05) is 53.7 Å². The summed E-state index contributed by atoms with van der Waals surface area (Å²) in [5, 5.41) is 0.0490. The highest BCUT2D eigenvalue weighted by molar-refractivity contribution is 6.75. The van der Waals surface area contributed by atoms with Crippen molar-refractivity contribution in [2.75, 3.05) is 0 Å². The predicted octanol–water partition coefficient (Wildman–Crippen LogP) is 4.81.